The summed E-state index contributed by atoms with van der Waals surface area (Å²) >= 11 is 0. The van der Waals surface area contributed by atoms with Gasteiger partial charge < -0.3 is 10.6 Å². The number of benzene rings is 2. The first kappa shape index (κ1) is 18.0. The van der Waals surface area contributed by atoms with E-state index in [4.69, 9.17) is 0 Å². The van der Waals surface area contributed by atoms with E-state index in [2.05, 4.69) is 20.6 Å². The van der Waals surface area contributed by atoms with Crippen LogP contribution in [0.15, 0.2) is 42.7 Å². The van der Waals surface area contributed by atoms with E-state index < -0.39 is 33.9 Å². The van der Waals surface area contributed by atoms with Gasteiger partial charge in [-0.15, -0.1) is 0 Å². The molecule has 0 saturated carbocycles. The van der Waals surface area contributed by atoms with Crippen LogP contribution in [0.2, 0.25) is 0 Å². The largest absolute Gasteiger partial charge is 0.353 e. The maximum Gasteiger partial charge on any atom is 0.353 e. The highest BCUT2D eigenvalue weighted by molar-refractivity contribution is 5.76. The third-order valence-corrected chi connectivity index (χ3v) is 3.37. The SMILES string of the molecule is O=[N+]([O-])c1c(Nc2ccc(F)c(F)c2)ncnc1Nc1ccc(F)c(F)c1. The second-order valence-corrected chi connectivity index (χ2v) is 5.18. The first-order valence-corrected chi connectivity index (χ1v) is 7.28. The molecular weight excluding hydrogens is 370 g/mol. The number of nitrogens with zero attached hydrogens (tertiary/aromatic N) is 3. The van der Waals surface area contributed by atoms with E-state index in [1.54, 1.807) is 0 Å². The van der Waals surface area contributed by atoms with E-state index in [1.165, 1.54) is 0 Å². The second-order valence-electron chi connectivity index (χ2n) is 5.18. The average Bonchev–Trinajstić information content (AvgIpc) is 2.61. The monoisotopic (exact) mass is 379 g/mol. The number of nitrogens with one attached hydrogen (secondary N) is 2. The molecule has 27 heavy (non-hydrogen) atoms. The smallest absolute Gasteiger partial charge is 0.334 e. The highest BCUT2D eigenvalue weighted by Gasteiger charge is 2.24. The highest BCUT2D eigenvalue weighted by Crippen LogP contribution is 2.33. The molecule has 1 heterocycles. The lowest BCUT2D eigenvalue weighted by Crippen LogP contribution is -2.06. The summed E-state index contributed by atoms with van der Waals surface area (Å²) in [5.74, 6) is -5.11. The fourth-order valence-corrected chi connectivity index (χ4v) is 2.16. The molecule has 0 atom stereocenters. The lowest BCUT2D eigenvalue weighted by molar-refractivity contribution is -0.383. The molecular formula is C16H9F4N5O2. The summed E-state index contributed by atoms with van der Waals surface area (Å²) in [6.45, 7) is 0. The Balaban J connectivity index is 1.97. The Morgan fingerprint density at radius 2 is 1.22 bits per heavy atom. The van der Waals surface area contributed by atoms with Crippen LogP contribution < -0.4 is 10.6 Å². The van der Waals surface area contributed by atoms with E-state index in [0.717, 1.165) is 42.7 Å². The van der Waals surface area contributed by atoms with Crippen LogP contribution in [-0.4, -0.2) is 14.9 Å². The minimum Gasteiger partial charge on any atom is -0.334 e. The van der Waals surface area contributed by atoms with E-state index in [0.29, 0.717) is 0 Å². The fraction of sp³-hybridized carbons (Fsp3) is 0. The van der Waals surface area contributed by atoms with Crippen LogP contribution >= 0.6 is 0 Å². The summed E-state index contributed by atoms with van der Waals surface area (Å²) < 4.78 is 52.7. The highest BCUT2D eigenvalue weighted by atomic mass is 19.2. The molecule has 3 rings (SSSR count). The van der Waals surface area contributed by atoms with E-state index >= 15 is 0 Å². The standard InChI is InChI=1S/C16H9F4N5O2/c17-10-3-1-8(5-12(10)19)23-15-14(25(26)27)16(22-7-21-15)24-9-2-4-11(18)13(20)6-9/h1-7H,(H2,21,22,23,24). The minimum absolute atomic E-state index is 0.00877. The van der Waals surface area contributed by atoms with Crippen LogP contribution in [0.3, 0.4) is 0 Å². The zero-order valence-corrected chi connectivity index (χ0v) is 13.2. The zero-order valence-electron chi connectivity index (χ0n) is 13.2. The van der Waals surface area contributed by atoms with Crippen molar-refractivity contribution in [2.75, 3.05) is 10.6 Å². The molecule has 3 aromatic rings. The third-order valence-electron chi connectivity index (χ3n) is 3.37. The molecule has 2 aromatic carbocycles. The van der Waals surface area contributed by atoms with Crippen molar-refractivity contribution >= 4 is 28.7 Å². The molecule has 0 fully saturated rings. The molecule has 138 valence electrons. The Morgan fingerprint density at radius 1 is 0.778 bits per heavy atom. The number of halogens is 4. The lowest BCUT2D eigenvalue weighted by Gasteiger charge is -2.10. The molecule has 0 aliphatic carbocycles. The van der Waals surface area contributed by atoms with Crippen molar-refractivity contribution in [1.29, 1.82) is 0 Å². The van der Waals surface area contributed by atoms with Crippen molar-refractivity contribution in [1.82, 2.24) is 9.97 Å². The Bertz CT molecular complexity index is 960. The summed E-state index contributed by atoms with van der Waals surface area (Å²) in [6.07, 6.45) is 0.970. The van der Waals surface area contributed by atoms with Crippen LogP contribution in [0.5, 0.6) is 0 Å². The van der Waals surface area contributed by atoms with E-state index in [-0.39, 0.29) is 23.0 Å². The fourth-order valence-electron chi connectivity index (χ4n) is 2.16. The Labute approximate surface area is 148 Å². The second kappa shape index (κ2) is 7.23. The number of hydrogen-bond acceptors (Lipinski definition) is 6. The third kappa shape index (κ3) is 3.92. The van der Waals surface area contributed by atoms with Gasteiger partial charge in [-0.25, -0.2) is 27.5 Å². The molecule has 2 N–H and O–H groups in total. The molecule has 0 aliphatic heterocycles. The predicted octanol–water partition coefficient (Wildman–Crippen LogP) is 4.43. The van der Waals surface area contributed by atoms with Gasteiger partial charge in [-0.05, 0) is 24.3 Å². The van der Waals surface area contributed by atoms with Crippen LogP contribution in [0.25, 0.3) is 0 Å². The topological polar surface area (TPSA) is 93.0 Å². The molecule has 0 spiro atoms. The Morgan fingerprint density at radius 3 is 1.59 bits per heavy atom. The molecule has 0 bridgehead atoms. The van der Waals surface area contributed by atoms with Crippen LogP contribution in [0.1, 0.15) is 0 Å². The number of anilines is 4. The maximum absolute atomic E-state index is 13.3. The predicted molar refractivity (Wildman–Crippen MR) is 88.0 cm³/mol. The van der Waals surface area contributed by atoms with Crippen LogP contribution in [0, 0.1) is 33.4 Å². The summed E-state index contributed by atoms with van der Waals surface area (Å²) in [4.78, 5) is 18.1. The van der Waals surface area contributed by atoms with Crippen molar-refractivity contribution in [3.05, 3.63) is 76.1 Å². The van der Waals surface area contributed by atoms with Gasteiger partial charge in [0.2, 0.25) is 11.6 Å². The van der Waals surface area contributed by atoms with Gasteiger partial charge in [0.15, 0.2) is 23.3 Å². The summed E-state index contributed by atoms with van der Waals surface area (Å²) in [7, 11) is 0. The van der Waals surface area contributed by atoms with Gasteiger partial charge >= 0.3 is 5.69 Å². The summed E-state index contributed by atoms with van der Waals surface area (Å²) in [5, 5.41) is 16.4. The number of aromatic nitrogens is 2. The van der Waals surface area contributed by atoms with Crippen molar-refractivity contribution < 1.29 is 22.5 Å². The van der Waals surface area contributed by atoms with Gasteiger partial charge in [-0.3, -0.25) is 10.1 Å². The van der Waals surface area contributed by atoms with Crippen LogP contribution in [-0.2, 0) is 0 Å². The molecule has 0 aliphatic rings. The molecule has 0 radical (unpaired) electrons. The van der Waals surface area contributed by atoms with E-state index in [1.807, 2.05) is 0 Å². The first-order valence-electron chi connectivity index (χ1n) is 7.28. The van der Waals surface area contributed by atoms with Gasteiger partial charge in [0.1, 0.15) is 6.33 Å². The minimum atomic E-state index is -1.16. The first-order chi connectivity index (χ1) is 12.8. The molecule has 11 heteroatoms. The molecule has 0 saturated heterocycles. The van der Waals surface area contributed by atoms with Crippen molar-refractivity contribution in [3.63, 3.8) is 0 Å². The average molecular weight is 379 g/mol. The van der Waals surface area contributed by atoms with E-state index in [9.17, 15) is 27.7 Å². The van der Waals surface area contributed by atoms with Gasteiger partial charge in [0.25, 0.3) is 0 Å². The Hall–Kier alpha value is -3.76. The number of rotatable bonds is 5. The number of hydrogen-bond donors (Lipinski definition) is 2. The maximum atomic E-state index is 13.3. The molecule has 0 amide bonds. The van der Waals surface area contributed by atoms with Gasteiger partial charge in [-0.1, -0.05) is 0 Å². The normalized spacial score (nSPS) is 10.5. The van der Waals surface area contributed by atoms with Crippen molar-refractivity contribution in [2.24, 2.45) is 0 Å². The van der Waals surface area contributed by atoms with Gasteiger partial charge in [0.05, 0.1) is 4.92 Å². The van der Waals surface area contributed by atoms with Crippen molar-refractivity contribution in [3.8, 4) is 0 Å². The van der Waals surface area contributed by atoms with Gasteiger partial charge in [0, 0.05) is 23.5 Å². The van der Waals surface area contributed by atoms with Gasteiger partial charge in [-0.2, -0.15) is 0 Å². The Kier molecular flexibility index (Phi) is 4.83. The zero-order chi connectivity index (χ0) is 19.6. The number of nitro groups is 1. The van der Waals surface area contributed by atoms with Crippen molar-refractivity contribution in [2.45, 2.75) is 0 Å². The lowest BCUT2D eigenvalue weighted by atomic mass is 10.2. The molecule has 7 nitrogen and oxygen atoms in total. The molecule has 0 unspecified atom stereocenters. The summed E-state index contributed by atoms with van der Waals surface area (Å²) in [5.41, 5.74) is -0.615. The molecule has 1 aromatic heterocycles. The summed E-state index contributed by atoms with van der Waals surface area (Å²) in [6, 6.07) is 5.59. The quantitative estimate of drug-likeness (QED) is 0.387. The van der Waals surface area contributed by atoms with Crippen LogP contribution in [0.4, 0.5) is 46.3 Å².